The van der Waals surface area contributed by atoms with Crippen molar-refractivity contribution in [1.29, 1.82) is 0 Å². The molecule has 4 nitrogen and oxygen atoms in total. The van der Waals surface area contributed by atoms with Crippen LogP contribution in [0.1, 0.15) is 49.7 Å². The van der Waals surface area contributed by atoms with Crippen molar-refractivity contribution < 1.29 is 4.79 Å². The van der Waals surface area contributed by atoms with E-state index in [-0.39, 0.29) is 30.7 Å². The van der Waals surface area contributed by atoms with Crippen LogP contribution < -0.4 is 10.6 Å². The summed E-state index contributed by atoms with van der Waals surface area (Å²) in [6.07, 6.45) is 7.27. The maximum absolute atomic E-state index is 11.8. The summed E-state index contributed by atoms with van der Waals surface area (Å²) in [5, 5.41) is 6.03. The van der Waals surface area contributed by atoms with Crippen molar-refractivity contribution in [3.05, 3.63) is 35.4 Å². The molecule has 1 saturated carbocycles. The van der Waals surface area contributed by atoms with Gasteiger partial charge >= 0.3 is 0 Å². The van der Waals surface area contributed by atoms with Crippen LogP contribution in [0.15, 0.2) is 24.3 Å². The fourth-order valence-corrected chi connectivity index (χ4v) is 3.32. The Kier molecular flexibility index (Phi) is 13.0. The number of carbonyl (C=O) groups excluding carboxylic acids is 1. The Labute approximate surface area is 164 Å². The van der Waals surface area contributed by atoms with Gasteiger partial charge in [-0.1, -0.05) is 43.5 Å². The molecule has 0 saturated heterocycles. The summed E-state index contributed by atoms with van der Waals surface area (Å²) < 4.78 is 0. The van der Waals surface area contributed by atoms with Gasteiger partial charge in [0.1, 0.15) is 0 Å². The van der Waals surface area contributed by atoms with Gasteiger partial charge in [-0.05, 0) is 38.1 Å². The second kappa shape index (κ2) is 13.4. The summed E-state index contributed by atoms with van der Waals surface area (Å²) in [5.74, 6) is 0.106. The molecule has 1 aromatic rings. The van der Waals surface area contributed by atoms with Crippen molar-refractivity contribution in [3.63, 3.8) is 0 Å². The number of carbonyl (C=O) groups is 1. The van der Waals surface area contributed by atoms with Crippen LogP contribution in [0.5, 0.6) is 0 Å². The highest BCUT2D eigenvalue weighted by Gasteiger charge is 2.18. The zero-order chi connectivity index (χ0) is 16.5. The van der Waals surface area contributed by atoms with Gasteiger partial charge in [-0.3, -0.25) is 9.69 Å². The minimum absolute atomic E-state index is 0. The second-order valence-electron chi connectivity index (χ2n) is 6.61. The quantitative estimate of drug-likeness (QED) is 0.714. The van der Waals surface area contributed by atoms with Gasteiger partial charge in [-0.15, -0.1) is 24.8 Å². The SMILES string of the molecule is CNCCC(=O)NCc1ccccc1CN(C)C1CCCCC1.Cl.Cl. The predicted molar refractivity (Wildman–Crippen MR) is 110 cm³/mol. The van der Waals surface area contributed by atoms with Crippen LogP contribution in [0.2, 0.25) is 0 Å². The monoisotopic (exact) mass is 389 g/mol. The van der Waals surface area contributed by atoms with Crippen molar-refractivity contribution in [1.82, 2.24) is 15.5 Å². The molecule has 1 aliphatic carbocycles. The Bertz CT molecular complexity index is 493. The molecule has 6 heteroatoms. The van der Waals surface area contributed by atoms with Crippen molar-refractivity contribution in [2.24, 2.45) is 0 Å². The molecule has 0 spiro atoms. The van der Waals surface area contributed by atoms with Gasteiger partial charge in [-0.2, -0.15) is 0 Å². The lowest BCUT2D eigenvalue weighted by Crippen LogP contribution is -2.33. The number of amides is 1. The third-order valence-electron chi connectivity index (χ3n) is 4.81. The largest absolute Gasteiger partial charge is 0.352 e. The standard InChI is InChI=1S/C19H31N3O.2ClH/c1-20-13-12-19(23)21-14-16-8-6-7-9-17(16)15-22(2)18-10-4-3-5-11-18;;/h6-9,18,20H,3-5,10-15H2,1-2H3,(H,21,23);2*1H. The summed E-state index contributed by atoms with van der Waals surface area (Å²) in [6.45, 7) is 2.31. The van der Waals surface area contributed by atoms with Gasteiger partial charge < -0.3 is 10.6 Å². The third-order valence-corrected chi connectivity index (χ3v) is 4.81. The van der Waals surface area contributed by atoms with E-state index in [1.807, 2.05) is 7.05 Å². The summed E-state index contributed by atoms with van der Waals surface area (Å²) in [5.41, 5.74) is 2.56. The van der Waals surface area contributed by atoms with Gasteiger partial charge in [0.25, 0.3) is 0 Å². The average Bonchev–Trinajstić information content (AvgIpc) is 2.60. The number of nitrogens with one attached hydrogen (secondary N) is 2. The Morgan fingerprint density at radius 2 is 1.76 bits per heavy atom. The highest BCUT2D eigenvalue weighted by molar-refractivity contribution is 5.85. The number of hydrogen-bond acceptors (Lipinski definition) is 3. The molecule has 0 radical (unpaired) electrons. The highest BCUT2D eigenvalue weighted by atomic mass is 35.5. The van der Waals surface area contributed by atoms with E-state index in [9.17, 15) is 4.79 Å². The number of nitrogens with zero attached hydrogens (tertiary/aromatic N) is 1. The van der Waals surface area contributed by atoms with Crippen LogP contribution in [-0.2, 0) is 17.9 Å². The Morgan fingerprint density at radius 3 is 2.40 bits per heavy atom. The van der Waals surface area contributed by atoms with Crippen LogP contribution >= 0.6 is 24.8 Å². The fourth-order valence-electron chi connectivity index (χ4n) is 3.32. The summed E-state index contributed by atoms with van der Waals surface area (Å²) in [6, 6.07) is 9.17. The molecule has 25 heavy (non-hydrogen) atoms. The molecule has 1 aliphatic rings. The van der Waals surface area contributed by atoms with E-state index in [1.165, 1.54) is 43.2 Å². The number of hydrogen-bond donors (Lipinski definition) is 2. The first-order valence-electron chi connectivity index (χ1n) is 8.89. The summed E-state index contributed by atoms with van der Waals surface area (Å²) >= 11 is 0. The number of halogens is 2. The normalized spacial score (nSPS) is 14.5. The van der Waals surface area contributed by atoms with E-state index in [0.29, 0.717) is 19.0 Å². The van der Waals surface area contributed by atoms with Gasteiger partial charge in [0.05, 0.1) is 0 Å². The molecule has 144 valence electrons. The van der Waals surface area contributed by atoms with Crippen molar-refractivity contribution in [2.75, 3.05) is 20.6 Å². The molecular formula is C19H33Cl2N3O. The molecule has 0 bridgehead atoms. The molecule has 1 aromatic carbocycles. The molecule has 1 fully saturated rings. The van der Waals surface area contributed by atoms with E-state index < -0.39 is 0 Å². The molecular weight excluding hydrogens is 357 g/mol. The van der Waals surface area contributed by atoms with Crippen LogP contribution in [0.3, 0.4) is 0 Å². The zero-order valence-corrected chi connectivity index (χ0v) is 17.1. The summed E-state index contributed by atoms with van der Waals surface area (Å²) in [4.78, 5) is 14.3. The van der Waals surface area contributed by atoms with E-state index in [1.54, 1.807) is 0 Å². The molecule has 2 rings (SSSR count). The lowest BCUT2D eigenvalue weighted by atomic mass is 9.94. The molecule has 0 heterocycles. The smallest absolute Gasteiger partial charge is 0.221 e. The minimum Gasteiger partial charge on any atom is -0.352 e. The Hall–Kier alpha value is -0.810. The highest BCUT2D eigenvalue weighted by Crippen LogP contribution is 2.23. The molecule has 1 amide bonds. The minimum atomic E-state index is 0. The van der Waals surface area contributed by atoms with Gasteiger partial charge in [0.2, 0.25) is 5.91 Å². The average molecular weight is 390 g/mol. The molecule has 0 unspecified atom stereocenters. The Morgan fingerprint density at radius 1 is 1.12 bits per heavy atom. The van der Waals surface area contributed by atoms with Gasteiger partial charge in [0.15, 0.2) is 0 Å². The lowest BCUT2D eigenvalue weighted by Gasteiger charge is -2.31. The van der Waals surface area contributed by atoms with Crippen LogP contribution in [-0.4, -0.2) is 37.5 Å². The van der Waals surface area contributed by atoms with Crippen LogP contribution in [0.4, 0.5) is 0 Å². The van der Waals surface area contributed by atoms with Crippen molar-refractivity contribution in [3.8, 4) is 0 Å². The zero-order valence-electron chi connectivity index (χ0n) is 15.4. The van der Waals surface area contributed by atoms with Crippen LogP contribution in [0.25, 0.3) is 0 Å². The first-order chi connectivity index (χ1) is 11.2. The fraction of sp³-hybridized carbons (Fsp3) is 0.632. The first kappa shape index (κ1) is 24.2. The maximum atomic E-state index is 11.8. The van der Waals surface area contributed by atoms with E-state index in [2.05, 4.69) is 46.8 Å². The van der Waals surface area contributed by atoms with Crippen molar-refractivity contribution >= 4 is 30.7 Å². The molecule has 0 aromatic heterocycles. The van der Waals surface area contributed by atoms with E-state index in [4.69, 9.17) is 0 Å². The lowest BCUT2D eigenvalue weighted by molar-refractivity contribution is -0.121. The third kappa shape index (κ3) is 8.41. The van der Waals surface area contributed by atoms with E-state index in [0.717, 1.165) is 13.1 Å². The van der Waals surface area contributed by atoms with Gasteiger partial charge in [-0.25, -0.2) is 0 Å². The van der Waals surface area contributed by atoms with Gasteiger partial charge in [0, 0.05) is 32.1 Å². The van der Waals surface area contributed by atoms with Crippen LogP contribution in [0, 0.1) is 0 Å². The molecule has 0 atom stereocenters. The maximum Gasteiger partial charge on any atom is 0.221 e. The van der Waals surface area contributed by atoms with Crippen molar-refractivity contribution in [2.45, 2.75) is 57.7 Å². The predicted octanol–water partition coefficient (Wildman–Crippen LogP) is 3.52. The molecule has 0 aliphatic heterocycles. The first-order valence-corrected chi connectivity index (χ1v) is 8.89. The number of benzene rings is 1. The second-order valence-corrected chi connectivity index (χ2v) is 6.61. The Balaban J connectivity index is 0.00000288. The number of rotatable bonds is 8. The van der Waals surface area contributed by atoms with E-state index >= 15 is 0 Å². The summed E-state index contributed by atoms with van der Waals surface area (Å²) in [7, 11) is 4.10. The molecule has 2 N–H and O–H groups in total. The topological polar surface area (TPSA) is 44.4 Å².